The minimum atomic E-state index is 0.0168. The van der Waals surface area contributed by atoms with Crippen molar-refractivity contribution in [3.63, 3.8) is 0 Å². The van der Waals surface area contributed by atoms with Crippen LogP contribution in [-0.4, -0.2) is 33.8 Å². The van der Waals surface area contributed by atoms with Crippen molar-refractivity contribution in [2.75, 3.05) is 7.11 Å². The van der Waals surface area contributed by atoms with Crippen LogP contribution in [0.4, 0.5) is 0 Å². The molecular weight excluding hydrogens is 312 g/mol. The third kappa shape index (κ3) is 4.41. The van der Waals surface area contributed by atoms with Crippen molar-refractivity contribution in [3.05, 3.63) is 29.0 Å². The Morgan fingerprint density at radius 2 is 2.13 bits per heavy atom. The van der Waals surface area contributed by atoms with Crippen molar-refractivity contribution in [1.29, 1.82) is 0 Å². The summed E-state index contributed by atoms with van der Waals surface area (Å²) in [5, 5.41) is 10.0. The summed E-state index contributed by atoms with van der Waals surface area (Å²) < 4.78 is 7.51. The molecule has 1 unspecified atom stereocenters. The number of carbonyl (C=O) groups excluding carboxylic acids is 1. The number of H-pyrrole nitrogens is 1. The number of rotatable bonds is 7. The number of hydrogen-bond donors (Lipinski definition) is 2. The van der Waals surface area contributed by atoms with E-state index in [0.29, 0.717) is 23.6 Å². The second kappa shape index (κ2) is 7.92. The lowest BCUT2D eigenvalue weighted by molar-refractivity contribution is -0.121. The van der Waals surface area contributed by atoms with Crippen LogP contribution in [0.5, 0.6) is 5.75 Å². The SMILES string of the molecule is CCC(C)NC(=O)CCn1c(-c2ccc(OC)cc2)n[nH]c1=S. The molecule has 0 bridgehead atoms. The zero-order chi connectivity index (χ0) is 16.8. The van der Waals surface area contributed by atoms with Crippen LogP contribution in [0.2, 0.25) is 0 Å². The maximum absolute atomic E-state index is 11.9. The summed E-state index contributed by atoms with van der Waals surface area (Å²) >= 11 is 5.27. The van der Waals surface area contributed by atoms with Crippen molar-refractivity contribution in [2.24, 2.45) is 0 Å². The number of aromatic nitrogens is 3. The van der Waals surface area contributed by atoms with Gasteiger partial charge in [-0.15, -0.1) is 0 Å². The van der Waals surface area contributed by atoms with E-state index in [-0.39, 0.29) is 11.9 Å². The van der Waals surface area contributed by atoms with E-state index in [1.54, 1.807) is 7.11 Å². The van der Waals surface area contributed by atoms with Crippen LogP contribution >= 0.6 is 12.2 Å². The molecule has 1 atom stereocenters. The van der Waals surface area contributed by atoms with Gasteiger partial charge in [-0.2, -0.15) is 5.10 Å². The van der Waals surface area contributed by atoms with Crippen molar-refractivity contribution < 1.29 is 9.53 Å². The van der Waals surface area contributed by atoms with E-state index in [1.165, 1.54) is 0 Å². The number of carbonyl (C=O) groups is 1. The highest BCUT2D eigenvalue weighted by atomic mass is 32.1. The zero-order valence-electron chi connectivity index (χ0n) is 13.6. The molecule has 2 rings (SSSR count). The fraction of sp³-hybridized carbons (Fsp3) is 0.438. The van der Waals surface area contributed by atoms with Gasteiger partial charge in [-0.1, -0.05) is 6.92 Å². The Labute approximate surface area is 140 Å². The summed E-state index contributed by atoms with van der Waals surface area (Å²) in [5.41, 5.74) is 0.917. The quantitative estimate of drug-likeness (QED) is 0.764. The molecule has 1 amide bonds. The van der Waals surface area contributed by atoms with E-state index >= 15 is 0 Å². The highest BCUT2D eigenvalue weighted by Crippen LogP contribution is 2.21. The Balaban J connectivity index is 2.12. The van der Waals surface area contributed by atoms with Crippen LogP contribution in [0.25, 0.3) is 11.4 Å². The Bertz CT molecular complexity index is 706. The largest absolute Gasteiger partial charge is 0.497 e. The molecule has 0 spiro atoms. The average Bonchev–Trinajstić information content (AvgIpc) is 2.93. The predicted molar refractivity (Wildman–Crippen MR) is 91.9 cm³/mol. The van der Waals surface area contributed by atoms with E-state index in [0.717, 1.165) is 17.7 Å². The van der Waals surface area contributed by atoms with Gasteiger partial charge >= 0.3 is 0 Å². The molecule has 124 valence electrons. The van der Waals surface area contributed by atoms with Gasteiger partial charge in [-0.05, 0) is 49.8 Å². The van der Waals surface area contributed by atoms with Crippen LogP contribution in [0, 0.1) is 4.77 Å². The summed E-state index contributed by atoms with van der Waals surface area (Å²) in [6, 6.07) is 7.75. The van der Waals surface area contributed by atoms with Crippen LogP contribution in [0.1, 0.15) is 26.7 Å². The standard InChI is InChI=1S/C16H22N4O2S/c1-4-11(2)17-14(21)9-10-20-15(18-19-16(20)23)12-5-7-13(22-3)8-6-12/h5-8,11H,4,9-10H2,1-3H3,(H,17,21)(H,19,23). The van der Waals surface area contributed by atoms with Gasteiger partial charge in [0.2, 0.25) is 5.91 Å². The monoisotopic (exact) mass is 334 g/mol. The molecule has 0 radical (unpaired) electrons. The number of amides is 1. The lowest BCUT2D eigenvalue weighted by Crippen LogP contribution is -2.32. The Kier molecular flexibility index (Phi) is 5.92. The van der Waals surface area contributed by atoms with Gasteiger partial charge in [-0.3, -0.25) is 14.5 Å². The van der Waals surface area contributed by atoms with Crippen LogP contribution in [0.15, 0.2) is 24.3 Å². The minimum Gasteiger partial charge on any atom is -0.497 e. The molecule has 0 fully saturated rings. The van der Waals surface area contributed by atoms with E-state index in [2.05, 4.69) is 15.5 Å². The van der Waals surface area contributed by atoms with Gasteiger partial charge in [0.1, 0.15) is 5.75 Å². The highest BCUT2D eigenvalue weighted by molar-refractivity contribution is 7.71. The van der Waals surface area contributed by atoms with Crippen molar-refractivity contribution in [2.45, 2.75) is 39.3 Å². The number of aromatic amines is 1. The molecule has 0 aliphatic heterocycles. The minimum absolute atomic E-state index is 0.0168. The van der Waals surface area contributed by atoms with Crippen molar-refractivity contribution >= 4 is 18.1 Å². The van der Waals surface area contributed by atoms with E-state index < -0.39 is 0 Å². The summed E-state index contributed by atoms with van der Waals surface area (Å²) in [6.45, 7) is 4.52. The van der Waals surface area contributed by atoms with Crippen molar-refractivity contribution in [1.82, 2.24) is 20.1 Å². The van der Waals surface area contributed by atoms with E-state index in [1.807, 2.05) is 42.7 Å². The Hall–Kier alpha value is -2.15. The highest BCUT2D eigenvalue weighted by Gasteiger charge is 2.11. The lowest BCUT2D eigenvalue weighted by Gasteiger charge is -2.12. The molecule has 1 heterocycles. The maximum Gasteiger partial charge on any atom is 0.222 e. The molecule has 0 saturated carbocycles. The molecule has 0 aliphatic carbocycles. The Morgan fingerprint density at radius 3 is 2.74 bits per heavy atom. The number of benzene rings is 1. The van der Waals surface area contributed by atoms with Crippen molar-refractivity contribution in [3.8, 4) is 17.1 Å². The van der Waals surface area contributed by atoms with Gasteiger partial charge < -0.3 is 10.1 Å². The molecule has 0 aliphatic rings. The fourth-order valence-electron chi connectivity index (χ4n) is 2.15. The van der Waals surface area contributed by atoms with Gasteiger partial charge in [0.15, 0.2) is 10.6 Å². The van der Waals surface area contributed by atoms with E-state index in [9.17, 15) is 4.79 Å². The van der Waals surface area contributed by atoms with Gasteiger partial charge in [-0.25, -0.2) is 0 Å². The predicted octanol–water partition coefficient (Wildman–Crippen LogP) is 2.92. The van der Waals surface area contributed by atoms with Crippen LogP contribution in [-0.2, 0) is 11.3 Å². The second-order valence-corrected chi connectivity index (χ2v) is 5.75. The number of ether oxygens (including phenoxy) is 1. The normalized spacial score (nSPS) is 12.0. The molecule has 0 saturated heterocycles. The van der Waals surface area contributed by atoms with E-state index in [4.69, 9.17) is 17.0 Å². The molecule has 2 N–H and O–H groups in total. The number of nitrogens with zero attached hydrogens (tertiary/aromatic N) is 2. The van der Waals surface area contributed by atoms with Gasteiger partial charge in [0.05, 0.1) is 7.11 Å². The third-order valence-electron chi connectivity index (χ3n) is 3.69. The molecule has 7 heteroatoms. The topological polar surface area (TPSA) is 71.9 Å². The summed E-state index contributed by atoms with van der Waals surface area (Å²) in [5.74, 6) is 1.51. The van der Waals surface area contributed by atoms with Crippen LogP contribution < -0.4 is 10.1 Å². The Morgan fingerprint density at radius 1 is 1.43 bits per heavy atom. The smallest absolute Gasteiger partial charge is 0.222 e. The number of nitrogens with one attached hydrogen (secondary N) is 2. The van der Waals surface area contributed by atoms with Gasteiger partial charge in [0.25, 0.3) is 0 Å². The lowest BCUT2D eigenvalue weighted by atomic mass is 10.2. The number of hydrogen-bond acceptors (Lipinski definition) is 4. The zero-order valence-corrected chi connectivity index (χ0v) is 14.4. The second-order valence-electron chi connectivity index (χ2n) is 5.36. The fourth-order valence-corrected chi connectivity index (χ4v) is 2.37. The first-order chi connectivity index (χ1) is 11.0. The summed E-state index contributed by atoms with van der Waals surface area (Å²) in [7, 11) is 1.63. The molecule has 1 aromatic carbocycles. The summed E-state index contributed by atoms with van der Waals surface area (Å²) in [6.07, 6.45) is 1.27. The molecular formula is C16H22N4O2S. The molecule has 1 aromatic heterocycles. The first-order valence-electron chi connectivity index (χ1n) is 7.64. The summed E-state index contributed by atoms with van der Waals surface area (Å²) in [4.78, 5) is 11.9. The maximum atomic E-state index is 11.9. The van der Waals surface area contributed by atoms with Crippen LogP contribution in [0.3, 0.4) is 0 Å². The van der Waals surface area contributed by atoms with Gasteiger partial charge in [0, 0.05) is 24.6 Å². The average molecular weight is 334 g/mol. The third-order valence-corrected chi connectivity index (χ3v) is 4.00. The number of methoxy groups -OCH3 is 1. The molecule has 6 nitrogen and oxygen atoms in total. The first kappa shape index (κ1) is 17.2. The first-order valence-corrected chi connectivity index (χ1v) is 8.05. The molecule has 23 heavy (non-hydrogen) atoms. The molecule has 2 aromatic rings.